The van der Waals surface area contributed by atoms with Crippen LogP contribution in [0.4, 0.5) is 4.39 Å². The monoisotopic (exact) mass is 350 g/mol. The molecule has 1 aromatic rings. The lowest BCUT2D eigenvalue weighted by molar-refractivity contribution is -0.138. The third-order valence-corrected chi connectivity index (χ3v) is 4.87. The number of nitrogens with one attached hydrogen (secondary N) is 1. The summed E-state index contributed by atoms with van der Waals surface area (Å²) in [5, 5.41) is 3.35. The lowest BCUT2D eigenvalue weighted by atomic mass is 10.0. The van der Waals surface area contributed by atoms with E-state index in [1.165, 1.54) is 25.0 Å². The van der Waals surface area contributed by atoms with Crippen LogP contribution in [0.5, 0.6) is 5.75 Å². The summed E-state index contributed by atoms with van der Waals surface area (Å²) in [6.45, 7) is 4.20. The minimum absolute atomic E-state index is 0.0279. The summed E-state index contributed by atoms with van der Waals surface area (Å²) < 4.78 is 24.6. The Labute approximate surface area is 148 Å². The number of benzene rings is 1. The summed E-state index contributed by atoms with van der Waals surface area (Å²) in [6.07, 6.45) is 3.90. The van der Waals surface area contributed by atoms with Gasteiger partial charge in [-0.2, -0.15) is 0 Å². The molecule has 0 spiro atoms. The molecule has 1 amide bonds. The summed E-state index contributed by atoms with van der Waals surface area (Å²) in [5.74, 6) is 0.824. The molecule has 0 aromatic heterocycles. The summed E-state index contributed by atoms with van der Waals surface area (Å²) in [4.78, 5) is 14.1. The van der Waals surface area contributed by atoms with Crippen molar-refractivity contribution in [3.05, 3.63) is 30.1 Å². The highest BCUT2D eigenvalue weighted by Gasteiger charge is 2.24. The van der Waals surface area contributed by atoms with Gasteiger partial charge < -0.3 is 19.7 Å². The van der Waals surface area contributed by atoms with Gasteiger partial charge in [-0.1, -0.05) is 6.07 Å². The average Bonchev–Trinajstić information content (AvgIpc) is 2.63. The van der Waals surface area contributed by atoms with Gasteiger partial charge >= 0.3 is 0 Å². The summed E-state index contributed by atoms with van der Waals surface area (Å²) >= 11 is 0. The Hall–Kier alpha value is -1.66. The molecule has 0 aliphatic carbocycles. The van der Waals surface area contributed by atoms with Crippen LogP contribution in [-0.2, 0) is 9.53 Å². The van der Waals surface area contributed by atoms with Crippen molar-refractivity contribution in [3.8, 4) is 5.75 Å². The standard InChI is InChI=1S/C19H27FN2O3/c20-16-4-1-5-18(11-16)25-17-6-9-22(10-7-17)19(23)14-24-13-15-3-2-8-21-12-15/h1,4-5,11,15,17,21H,2-3,6-10,12-14H2. The van der Waals surface area contributed by atoms with Gasteiger partial charge in [0.1, 0.15) is 24.3 Å². The molecule has 0 radical (unpaired) electrons. The second-order valence-electron chi connectivity index (χ2n) is 6.88. The van der Waals surface area contributed by atoms with Gasteiger partial charge in [0.15, 0.2) is 0 Å². The Balaban J connectivity index is 1.34. The molecule has 0 saturated carbocycles. The maximum absolute atomic E-state index is 13.2. The number of piperidine rings is 2. The summed E-state index contributed by atoms with van der Waals surface area (Å²) in [7, 11) is 0. The van der Waals surface area contributed by atoms with E-state index >= 15 is 0 Å². The van der Waals surface area contributed by atoms with Gasteiger partial charge in [-0.3, -0.25) is 4.79 Å². The predicted molar refractivity (Wildman–Crippen MR) is 93.0 cm³/mol. The minimum Gasteiger partial charge on any atom is -0.490 e. The molecule has 138 valence electrons. The van der Waals surface area contributed by atoms with E-state index in [2.05, 4.69) is 5.32 Å². The first-order chi connectivity index (χ1) is 12.2. The number of carbonyl (C=O) groups is 1. The van der Waals surface area contributed by atoms with Crippen molar-refractivity contribution >= 4 is 5.91 Å². The van der Waals surface area contributed by atoms with Crippen LogP contribution in [0.2, 0.25) is 0 Å². The third-order valence-electron chi connectivity index (χ3n) is 4.87. The molecule has 25 heavy (non-hydrogen) atoms. The Morgan fingerprint density at radius 3 is 2.84 bits per heavy atom. The van der Waals surface area contributed by atoms with Gasteiger partial charge in [0.2, 0.25) is 5.91 Å². The first kappa shape index (κ1) is 18.1. The number of halogens is 1. The molecular weight excluding hydrogens is 323 g/mol. The van der Waals surface area contributed by atoms with Crippen LogP contribution in [0.15, 0.2) is 24.3 Å². The number of likely N-dealkylation sites (tertiary alicyclic amines) is 1. The fourth-order valence-corrected chi connectivity index (χ4v) is 3.43. The molecule has 2 heterocycles. The highest BCUT2D eigenvalue weighted by molar-refractivity contribution is 5.77. The fourth-order valence-electron chi connectivity index (χ4n) is 3.43. The van der Waals surface area contributed by atoms with Crippen LogP contribution >= 0.6 is 0 Å². The molecule has 2 fully saturated rings. The molecule has 5 nitrogen and oxygen atoms in total. The average molecular weight is 350 g/mol. The van der Waals surface area contributed by atoms with E-state index in [1.54, 1.807) is 12.1 Å². The first-order valence-corrected chi connectivity index (χ1v) is 9.19. The van der Waals surface area contributed by atoms with Crippen molar-refractivity contribution in [2.45, 2.75) is 31.8 Å². The zero-order chi connectivity index (χ0) is 17.5. The Morgan fingerprint density at radius 1 is 1.28 bits per heavy atom. The van der Waals surface area contributed by atoms with Crippen molar-refractivity contribution < 1.29 is 18.7 Å². The lowest BCUT2D eigenvalue weighted by Gasteiger charge is -2.32. The lowest BCUT2D eigenvalue weighted by Crippen LogP contribution is -2.43. The van der Waals surface area contributed by atoms with Crippen molar-refractivity contribution in [3.63, 3.8) is 0 Å². The first-order valence-electron chi connectivity index (χ1n) is 9.19. The molecule has 2 saturated heterocycles. The number of rotatable bonds is 6. The number of carbonyl (C=O) groups excluding carboxylic acids is 1. The Bertz CT molecular complexity index is 555. The smallest absolute Gasteiger partial charge is 0.248 e. The van der Waals surface area contributed by atoms with Gasteiger partial charge in [0.25, 0.3) is 0 Å². The predicted octanol–water partition coefficient (Wildman–Crippen LogP) is 2.21. The van der Waals surface area contributed by atoms with E-state index in [4.69, 9.17) is 9.47 Å². The topological polar surface area (TPSA) is 50.8 Å². The van der Waals surface area contributed by atoms with Gasteiger partial charge in [-0.25, -0.2) is 4.39 Å². The second kappa shape index (κ2) is 9.15. The quantitative estimate of drug-likeness (QED) is 0.855. The van der Waals surface area contributed by atoms with Crippen molar-refractivity contribution in [2.24, 2.45) is 5.92 Å². The Kier molecular flexibility index (Phi) is 6.64. The minimum atomic E-state index is -0.296. The van der Waals surface area contributed by atoms with Gasteiger partial charge in [0.05, 0.1) is 6.61 Å². The molecule has 3 rings (SSSR count). The molecule has 1 atom stereocenters. The van der Waals surface area contributed by atoms with E-state index in [1.807, 2.05) is 4.90 Å². The largest absolute Gasteiger partial charge is 0.490 e. The molecule has 6 heteroatoms. The van der Waals surface area contributed by atoms with Crippen LogP contribution in [-0.4, -0.2) is 56.3 Å². The van der Waals surface area contributed by atoms with E-state index in [-0.39, 0.29) is 24.4 Å². The normalized spacial score (nSPS) is 22.0. The van der Waals surface area contributed by atoms with Crippen LogP contribution in [0, 0.1) is 11.7 Å². The number of ether oxygens (including phenoxy) is 2. The highest BCUT2D eigenvalue weighted by Crippen LogP contribution is 2.20. The molecule has 1 N–H and O–H groups in total. The molecule has 1 unspecified atom stereocenters. The molecule has 1 aromatic carbocycles. The van der Waals surface area contributed by atoms with E-state index in [0.29, 0.717) is 31.4 Å². The van der Waals surface area contributed by atoms with E-state index in [0.717, 1.165) is 25.9 Å². The fraction of sp³-hybridized carbons (Fsp3) is 0.632. The van der Waals surface area contributed by atoms with E-state index < -0.39 is 0 Å². The highest BCUT2D eigenvalue weighted by atomic mass is 19.1. The van der Waals surface area contributed by atoms with Gasteiger partial charge in [-0.15, -0.1) is 0 Å². The molecular formula is C19H27FN2O3. The number of hydrogen-bond acceptors (Lipinski definition) is 4. The van der Waals surface area contributed by atoms with E-state index in [9.17, 15) is 9.18 Å². The van der Waals surface area contributed by atoms with Crippen LogP contribution in [0.1, 0.15) is 25.7 Å². The zero-order valence-electron chi connectivity index (χ0n) is 14.6. The molecule has 2 aliphatic heterocycles. The maximum Gasteiger partial charge on any atom is 0.248 e. The Morgan fingerprint density at radius 2 is 2.12 bits per heavy atom. The molecule has 2 aliphatic rings. The van der Waals surface area contributed by atoms with Crippen molar-refractivity contribution in [1.82, 2.24) is 10.2 Å². The van der Waals surface area contributed by atoms with Gasteiger partial charge in [-0.05, 0) is 37.4 Å². The van der Waals surface area contributed by atoms with Crippen LogP contribution in [0.3, 0.4) is 0 Å². The maximum atomic E-state index is 13.2. The van der Waals surface area contributed by atoms with Gasteiger partial charge in [0, 0.05) is 38.5 Å². The third kappa shape index (κ3) is 5.68. The number of nitrogens with zero attached hydrogens (tertiary/aromatic N) is 1. The van der Waals surface area contributed by atoms with Crippen molar-refractivity contribution in [2.75, 3.05) is 39.4 Å². The molecule has 0 bridgehead atoms. The summed E-state index contributed by atoms with van der Waals surface area (Å²) in [6, 6.07) is 6.19. The summed E-state index contributed by atoms with van der Waals surface area (Å²) in [5.41, 5.74) is 0. The van der Waals surface area contributed by atoms with Crippen LogP contribution < -0.4 is 10.1 Å². The number of hydrogen-bond donors (Lipinski definition) is 1. The van der Waals surface area contributed by atoms with Crippen LogP contribution in [0.25, 0.3) is 0 Å². The van der Waals surface area contributed by atoms with Crippen molar-refractivity contribution in [1.29, 1.82) is 0 Å². The SMILES string of the molecule is O=C(COCC1CCCNC1)N1CCC(Oc2cccc(F)c2)CC1. The zero-order valence-corrected chi connectivity index (χ0v) is 14.6. The second-order valence-corrected chi connectivity index (χ2v) is 6.88. The number of amides is 1.